The van der Waals surface area contributed by atoms with Gasteiger partial charge in [0.1, 0.15) is 6.04 Å². The number of halogens is 1. The molecule has 1 unspecified atom stereocenters. The molecular weight excluding hydrogens is 410 g/mol. The number of Topliss-reactive ketones (excluding diaryl/α,β-unsaturated/α-hetero) is 1. The Bertz CT molecular complexity index is 803. The number of benzene rings is 2. The van der Waals surface area contributed by atoms with Gasteiger partial charge >= 0.3 is 5.97 Å². The normalized spacial score (nSPS) is 12.9. The van der Waals surface area contributed by atoms with E-state index in [2.05, 4.69) is 21.2 Å². The number of esters is 1. The summed E-state index contributed by atoms with van der Waals surface area (Å²) in [5.41, 5.74) is 0.905. The van der Waals surface area contributed by atoms with Crippen LogP contribution in [0.25, 0.3) is 0 Å². The minimum atomic E-state index is -0.950. The van der Waals surface area contributed by atoms with Crippen molar-refractivity contribution in [3.63, 3.8) is 0 Å². The first kappa shape index (κ1) is 20.8. The summed E-state index contributed by atoms with van der Waals surface area (Å²) in [6, 6.07) is 14.6. The first-order valence-corrected chi connectivity index (χ1v) is 9.45. The second-order valence-electron chi connectivity index (χ2n) is 6.51. The van der Waals surface area contributed by atoms with Crippen molar-refractivity contribution in [1.29, 1.82) is 0 Å². The predicted octanol–water partition coefficient (Wildman–Crippen LogP) is 4.02. The third-order valence-corrected chi connectivity index (χ3v) is 4.56. The first-order valence-electron chi connectivity index (χ1n) is 8.65. The van der Waals surface area contributed by atoms with Crippen molar-refractivity contribution >= 4 is 33.6 Å². The zero-order valence-electron chi connectivity index (χ0n) is 15.4. The maximum absolute atomic E-state index is 12.6. The molecule has 1 amide bonds. The molecule has 6 heteroatoms. The van der Waals surface area contributed by atoms with Gasteiger partial charge in [-0.15, -0.1) is 0 Å². The Morgan fingerprint density at radius 1 is 0.889 bits per heavy atom. The van der Waals surface area contributed by atoms with Crippen LogP contribution in [0.5, 0.6) is 0 Å². The van der Waals surface area contributed by atoms with Gasteiger partial charge in [0.25, 0.3) is 5.91 Å². The molecule has 0 bridgehead atoms. The lowest BCUT2D eigenvalue weighted by atomic mass is 10.0. The Kier molecular flexibility index (Phi) is 7.30. The van der Waals surface area contributed by atoms with Gasteiger partial charge in [0.2, 0.25) is 5.78 Å². The van der Waals surface area contributed by atoms with Crippen LogP contribution < -0.4 is 5.32 Å². The molecule has 2 atom stereocenters. The smallest absolute Gasteiger partial charge is 0.329 e. The molecule has 0 aliphatic heterocycles. The molecule has 0 heterocycles. The van der Waals surface area contributed by atoms with Gasteiger partial charge in [0.05, 0.1) is 0 Å². The van der Waals surface area contributed by atoms with Gasteiger partial charge in [-0.05, 0) is 37.1 Å². The molecule has 27 heavy (non-hydrogen) atoms. The highest BCUT2D eigenvalue weighted by atomic mass is 79.9. The first-order chi connectivity index (χ1) is 12.8. The Hall–Kier alpha value is -2.47. The number of carbonyl (C=O) groups excluding carboxylic acids is 3. The zero-order chi connectivity index (χ0) is 20.0. The van der Waals surface area contributed by atoms with Crippen LogP contribution in [-0.4, -0.2) is 29.8 Å². The number of hydrogen-bond donors (Lipinski definition) is 1. The summed E-state index contributed by atoms with van der Waals surface area (Å²) in [7, 11) is 0. The standard InChI is InChI=1S/C21H22BrNO4/c1-13(2)18(23-20(25)16-7-5-4-6-8-16)21(26)27-14(3)19(24)15-9-11-17(22)12-10-15/h4-14,18H,1-3H3,(H,23,25)/t14?,18-/m0/s1. The van der Waals surface area contributed by atoms with Crippen LogP contribution in [0.15, 0.2) is 59.1 Å². The molecule has 0 aliphatic rings. The maximum Gasteiger partial charge on any atom is 0.329 e. The molecule has 0 fully saturated rings. The second-order valence-corrected chi connectivity index (χ2v) is 7.43. The summed E-state index contributed by atoms with van der Waals surface area (Å²) < 4.78 is 6.20. The van der Waals surface area contributed by atoms with Crippen molar-refractivity contribution in [2.45, 2.75) is 32.9 Å². The number of hydrogen-bond acceptors (Lipinski definition) is 4. The van der Waals surface area contributed by atoms with Crippen molar-refractivity contribution < 1.29 is 19.1 Å². The Morgan fingerprint density at radius 2 is 1.48 bits per heavy atom. The summed E-state index contributed by atoms with van der Waals surface area (Å²) >= 11 is 3.31. The third-order valence-electron chi connectivity index (χ3n) is 4.03. The van der Waals surface area contributed by atoms with E-state index in [1.165, 1.54) is 6.92 Å². The molecule has 1 N–H and O–H groups in total. The van der Waals surface area contributed by atoms with E-state index >= 15 is 0 Å². The second kappa shape index (κ2) is 9.46. The summed E-state index contributed by atoms with van der Waals surface area (Å²) in [4.78, 5) is 37.3. The summed E-state index contributed by atoms with van der Waals surface area (Å²) in [6.45, 7) is 5.13. The summed E-state index contributed by atoms with van der Waals surface area (Å²) in [5, 5.41) is 2.69. The number of ether oxygens (including phenoxy) is 1. The molecule has 0 aliphatic carbocycles. The fourth-order valence-corrected chi connectivity index (χ4v) is 2.73. The summed E-state index contributed by atoms with van der Waals surface area (Å²) in [5.74, 6) is -1.49. The highest BCUT2D eigenvalue weighted by Gasteiger charge is 2.29. The van der Waals surface area contributed by atoms with Crippen LogP contribution in [0.3, 0.4) is 0 Å². The molecule has 0 spiro atoms. The molecule has 0 radical (unpaired) electrons. The van der Waals surface area contributed by atoms with E-state index in [1.807, 2.05) is 0 Å². The van der Waals surface area contributed by atoms with Gasteiger partial charge < -0.3 is 10.1 Å². The minimum Gasteiger partial charge on any atom is -0.453 e. The van der Waals surface area contributed by atoms with Gasteiger partial charge in [0, 0.05) is 15.6 Å². The van der Waals surface area contributed by atoms with Crippen molar-refractivity contribution in [1.82, 2.24) is 5.32 Å². The topological polar surface area (TPSA) is 72.5 Å². The Labute approximate surface area is 167 Å². The maximum atomic E-state index is 12.6. The fraction of sp³-hybridized carbons (Fsp3) is 0.286. The molecule has 142 valence electrons. The lowest BCUT2D eigenvalue weighted by Gasteiger charge is -2.23. The van der Waals surface area contributed by atoms with Crippen molar-refractivity contribution in [3.8, 4) is 0 Å². The average Bonchev–Trinajstić information content (AvgIpc) is 2.66. The van der Waals surface area contributed by atoms with Gasteiger partial charge in [-0.2, -0.15) is 0 Å². The van der Waals surface area contributed by atoms with E-state index in [9.17, 15) is 14.4 Å². The lowest BCUT2D eigenvalue weighted by Crippen LogP contribution is -2.46. The van der Waals surface area contributed by atoms with E-state index in [0.717, 1.165) is 4.47 Å². The molecule has 0 saturated carbocycles. The highest BCUT2D eigenvalue weighted by molar-refractivity contribution is 9.10. The monoisotopic (exact) mass is 431 g/mol. The average molecular weight is 432 g/mol. The molecule has 2 rings (SSSR count). The van der Waals surface area contributed by atoms with E-state index in [4.69, 9.17) is 4.74 Å². The van der Waals surface area contributed by atoms with Crippen LogP contribution in [0, 0.1) is 5.92 Å². The largest absolute Gasteiger partial charge is 0.453 e. The van der Waals surface area contributed by atoms with E-state index in [1.54, 1.807) is 68.4 Å². The van der Waals surface area contributed by atoms with Crippen LogP contribution in [0.4, 0.5) is 0 Å². The molecule has 2 aromatic carbocycles. The Balaban J connectivity index is 2.04. The third kappa shape index (κ3) is 5.76. The number of nitrogens with one attached hydrogen (secondary N) is 1. The number of amides is 1. The van der Waals surface area contributed by atoms with Crippen molar-refractivity contribution in [2.24, 2.45) is 5.92 Å². The number of ketones is 1. The van der Waals surface area contributed by atoms with Gasteiger partial charge in [-0.25, -0.2) is 4.79 Å². The Morgan fingerprint density at radius 3 is 2.04 bits per heavy atom. The van der Waals surface area contributed by atoms with E-state index in [-0.39, 0.29) is 17.6 Å². The minimum absolute atomic E-state index is 0.194. The molecule has 5 nitrogen and oxygen atoms in total. The van der Waals surface area contributed by atoms with E-state index in [0.29, 0.717) is 11.1 Å². The van der Waals surface area contributed by atoms with Crippen molar-refractivity contribution in [3.05, 3.63) is 70.2 Å². The zero-order valence-corrected chi connectivity index (χ0v) is 17.0. The van der Waals surface area contributed by atoms with Crippen LogP contribution in [-0.2, 0) is 9.53 Å². The molecular formula is C21H22BrNO4. The SMILES string of the molecule is CC(OC(=O)[C@@H](NC(=O)c1ccccc1)C(C)C)C(=O)c1ccc(Br)cc1. The van der Waals surface area contributed by atoms with Gasteiger partial charge in [0.15, 0.2) is 6.10 Å². The van der Waals surface area contributed by atoms with Crippen LogP contribution >= 0.6 is 15.9 Å². The van der Waals surface area contributed by atoms with E-state index < -0.39 is 18.1 Å². The molecule has 0 saturated heterocycles. The van der Waals surface area contributed by atoms with Crippen LogP contribution in [0.2, 0.25) is 0 Å². The fourth-order valence-electron chi connectivity index (χ4n) is 2.46. The number of carbonyl (C=O) groups is 3. The number of rotatable bonds is 7. The lowest BCUT2D eigenvalue weighted by molar-refractivity contribution is -0.149. The predicted molar refractivity (Wildman–Crippen MR) is 107 cm³/mol. The summed E-state index contributed by atoms with van der Waals surface area (Å²) in [6.07, 6.45) is -0.950. The highest BCUT2D eigenvalue weighted by Crippen LogP contribution is 2.14. The van der Waals surface area contributed by atoms with Gasteiger partial charge in [-0.3, -0.25) is 9.59 Å². The molecule has 2 aromatic rings. The quantitative estimate of drug-likeness (QED) is 0.530. The molecule has 0 aromatic heterocycles. The van der Waals surface area contributed by atoms with Crippen LogP contribution in [0.1, 0.15) is 41.5 Å². The van der Waals surface area contributed by atoms with Gasteiger partial charge in [-0.1, -0.05) is 60.1 Å². The van der Waals surface area contributed by atoms with Crippen molar-refractivity contribution in [2.75, 3.05) is 0 Å².